The zero-order chi connectivity index (χ0) is 20.9. The summed E-state index contributed by atoms with van der Waals surface area (Å²) >= 11 is 0. The van der Waals surface area contributed by atoms with Crippen LogP contribution in [0.15, 0.2) is 18.2 Å². The lowest BCUT2D eigenvalue weighted by molar-refractivity contribution is -0.149. The van der Waals surface area contributed by atoms with Gasteiger partial charge in [-0.2, -0.15) is 0 Å². The van der Waals surface area contributed by atoms with Crippen molar-refractivity contribution in [2.75, 3.05) is 20.3 Å². The first-order chi connectivity index (χ1) is 13.1. The van der Waals surface area contributed by atoms with E-state index >= 15 is 0 Å². The van der Waals surface area contributed by atoms with E-state index in [9.17, 15) is 9.59 Å². The Kier molecular flexibility index (Phi) is 6.93. The molecule has 1 aliphatic rings. The number of rotatable bonds is 6. The summed E-state index contributed by atoms with van der Waals surface area (Å²) in [4.78, 5) is 25.1. The average molecular weight is 392 g/mol. The molecule has 0 unspecified atom stereocenters. The third-order valence-corrected chi connectivity index (χ3v) is 4.77. The molecule has 0 aliphatic heterocycles. The standard InChI is InChI=1S/C21H32N2O5/c1-14(12-22)13-27-17-8-6-7-15-9-10-21(11-16(15)17,18(24)26-5)23-19(25)28-20(2,3)4/h6-8,14H,9-13,22H2,1-5H3,(H,23,25)/t14-,21+/m0/s1. The molecule has 1 aromatic carbocycles. The van der Waals surface area contributed by atoms with E-state index in [1.807, 2.05) is 25.1 Å². The van der Waals surface area contributed by atoms with Crippen molar-refractivity contribution in [2.24, 2.45) is 11.7 Å². The number of amides is 1. The fourth-order valence-corrected chi connectivity index (χ4v) is 3.25. The molecule has 0 bridgehead atoms. The Morgan fingerprint density at radius 1 is 1.32 bits per heavy atom. The largest absolute Gasteiger partial charge is 0.493 e. The molecule has 7 heteroatoms. The molecule has 0 radical (unpaired) electrons. The highest BCUT2D eigenvalue weighted by molar-refractivity contribution is 5.87. The van der Waals surface area contributed by atoms with E-state index in [-0.39, 0.29) is 12.3 Å². The molecule has 1 aliphatic carbocycles. The molecule has 3 N–H and O–H groups in total. The normalized spacial score (nSPS) is 19.9. The van der Waals surface area contributed by atoms with Crippen molar-refractivity contribution in [3.05, 3.63) is 29.3 Å². The molecule has 0 saturated carbocycles. The van der Waals surface area contributed by atoms with E-state index in [1.54, 1.807) is 20.8 Å². The van der Waals surface area contributed by atoms with E-state index in [1.165, 1.54) is 7.11 Å². The number of carbonyl (C=O) groups is 2. The monoisotopic (exact) mass is 392 g/mol. The van der Waals surface area contributed by atoms with Crippen molar-refractivity contribution < 1.29 is 23.8 Å². The average Bonchev–Trinajstić information content (AvgIpc) is 2.63. The van der Waals surface area contributed by atoms with Gasteiger partial charge in [-0.3, -0.25) is 0 Å². The Bertz CT molecular complexity index is 713. The second kappa shape index (κ2) is 8.82. The summed E-state index contributed by atoms with van der Waals surface area (Å²) in [5.74, 6) is 0.426. The summed E-state index contributed by atoms with van der Waals surface area (Å²) in [6.45, 7) is 8.35. The van der Waals surface area contributed by atoms with Gasteiger partial charge >= 0.3 is 12.1 Å². The summed E-state index contributed by atoms with van der Waals surface area (Å²) in [6.07, 6.45) is 0.677. The van der Waals surface area contributed by atoms with Crippen molar-refractivity contribution in [3.63, 3.8) is 0 Å². The summed E-state index contributed by atoms with van der Waals surface area (Å²) < 4.78 is 16.4. The topological polar surface area (TPSA) is 99.9 Å². The van der Waals surface area contributed by atoms with Gasteiger partial charge in [0.15, 0.2) is 0 Å². The van der Waals surface area contributed by atoms with Gasteiger partial charge in [-0.1, -0.05) is 19.1 Å². The molecule has 0 aromatic heterocycles. The van der Waals surface area contributed by atoms with Crippen LogP contribution >= 0.6 is 0 Å². The van der Waals surface area contributed by atoms with Crippen LogP contribution in [-0.4, -0.2) is 43.5 Å². The van der Waals surface area contributed by atoms with Crippen LogP contribution in [0.1, 0.15) is 45.2 Å². The summed E-state index contributed by atoms with van der Waals surface area (Å²) in [5.41, 5.74) is 5.82. The van der Waals surface area contributed by atoms with Crippen LogP contribution in [0, 0.1) is 5.92 Å². The third-order valence-electron chi connectivity index (χ3n) is 4.77. The highest BCUT2D eigenvalue weighted by atomic mass is 16.6. The number of nitrogens with one attached hydrogen (secondary N) is 1. The fourth-order valence-electron chi connectivity index (χ4n) is 3.25. The number of methoxy groups -OCH3 is 1. The molecule has 0 spiro atoms. The van der Waals surface area contributed by atoms with Gasteiger partial charge in [0.25, 0.3) is 0 Å². The predicted molar refractivity (Wildman–Crippen MR) is 106 cm³/mol. The number of carbonyl (C=O) groups excluding carboxylic acids is 2. The minimum absolute atomic E-state index is 0.213. The van der Waals surface area contributed by atoms with E-state index in [0.717, 1.165) is 11.1 Å². The zero-order valence-corrected chi connectivity index (χ0v) is 17.5. The maximum Gasteiger partial charge on any atom is 0.408 e. The Labute approximate surface area is 166 Å². The van der Waals surface area contributed by atoms with Crippen molar-refractivity contribution in [2.45, 2.75) is 58.1 Å². The fraction of sp³-hybridized carbons (Fsp3) is 0.619. The smallest absolute Gasteiger partial charge is 0.408 e. The zero-order valence-electron chi connectivity index (χ0n) is 17.5. The van der Waals surface area contributed by atoms with Crippen LogP contribution in [0.2, 0.25) is 0 Å². The van der Waals surface area contributed by atoms with Crippen LogP contribution in [0.4, 0.5) is 4.79 Å². The van der Waals surface area contributed by atoms with Crippen molar-refractivity contribution in [3.8, 4) is 5.75 Å². The highest BCUT2D eigenvalue weighted by Gasteiger charge is 2.45. The second-order valence-electron chi connectivity index (χ2n) is 8.42. The lowest BCUT2D eigenvalue weighted by Gasteiger charge is -2.37. The lowest BCUT2D eigenvalue weighted by atomic mass is 9.77. The summed E-state index contributed by atoms with van der Waals surface area (Å²) in [6, 6.07) is 5.83. The maximum atomic E-state index is 12.7. The first kappa shape index (κ1) is 22.0. The summed E-state index contributed by atoms with van der Waals surface area (Å²) in [5, 5.41) is 2.77. The number of ether oxygens (including phenoxy) is 3. The number of aryl methyl sites for hydroxylation is 1. The molecule has 28 heavy (non-hydrogen) atoms. The van der Waals surface area contributed by atoms with Gasteiger partial charge < -0.3 is 25.3 Å². The summed E-state index contributed by atoms with van der Waals surface area (Å²) in [7, 11) is 1.32. The SMILES string of the molecule is COC(=O)[C@@]1(NC(=O)OC(C)(C)C)CCc2cccc(OC[C@@H](C)CN)c2C1. The molecular formula is C21H32N2O5. The molecule has 7 nitrogen and oxygen atoms in total. The van der Waals surface area contributed by atoms with Crippen LogP contribution in [-0.2, 0) is 27.1 Å². The minimum atomic E-state index is -1.19. The van der Waals surface area contributed by atoms with Gasteiger partial charge in [-0.05, 0) is 51.8 Å². The Morgan fingerprint density at radius 3 is 2.64 bits per heavy atom. The quantitative estimate of drug-likeness (QED) is 0.722. The molecule has 1 amide bonds. The minimum Gasteiger partial charge on any atom is -0.493 e. The number of benzene rings is 1. The number of fused-ring (bicyclic) bond motifs is 1. The van der Waals surface area contributed by atoms with Gasteiger partial charge in [0.2, 0.25) is 0 Å². The van der Waals surface area contributed by atoms with E-state index in [4.69, 9.17) is 19.9 Å². The number of hydrogen-bond donors (Lipinski definition) is 2. The van der Waals surface area contributed by atoms with Crippen LogP contribution < -0.4 is 15.8 Å². The Hall–Kier alpha value is -2.28. The van der Waals surface area contributed by atoms with Crippen molar-refractivity contribution >= 4 is 12.1 Å². The molecule has 2 atom stereocenters. The lowest BCUT2D eigenvalue weighted by Crippen LogP contribution is -2.59. The van der Waals surface area contributed by atoms with Gasteiger partial charge in [-0.25, -0.2) is 9.59 Å². The maximum absolute atomic E-state index is 12.7. The van der Waals surface area contributed by atoms with E-state index in [0.29, 0.717) is 31.7 Å². The number of alkyl carbamates (subject to hydrolysis) is 1. The second-order valence-corrected chi connectivity index (χ2v) is 8.42. The number of hydrogen-bond acceptors (Lipinski definition) is 6. The molecule has 2 rings (SSSR count). The Balaban J connectivity index is 2.30. The van der Waals surface area contributed by atoms with Gasteiger partial charge in [0.1, 0.15) is 16.9 Å². The van der Waals surface area contributed by atoms with Crippen LogP contribution in [0.3, 0.4) is 0 Å². The molecular weight excluding hydrogens is 360 g/mol. The predicted octanol–water partition coefficient (Wildman–Crippen LogP) is 2.59. The third kappa shape index (κ3) is 5.38. The molecule has 0 saturated heterocycles. The molecule has 156 valence electrons. The Morgan fingerprint density at radius 2 is 2.04 bits per heavy atom. The van der Waals surface area contributed by atoms with Crippen molar-refractivity contribution in [1.82, 2.24) is 5.32 Å². The van der Waals surface area contributed by atoms with E-state index < -0.39 is 23.2 Å². The van der Waals surface area contributed by atoms with Crippen LogP contribution in [0.5, 0.6) is 5.75 Å². The molecule has 1 aromatic rings. The van der Waals surface area contributed by atoms with Gasteiger partial charge in [0, 0.05) is 17.9 Å². The first-order valence-electron chi connectivity index (χ1n) is 9.63. The number of nitrogens with two attached hydrogens (primary N) is 1. The van der Waals surface area contributed by atoms with Crippen molar-refractivity contribution in [1.29, 1.82) is 0 Å². The van der Waals surface area contributed by atoms with Gasteiger partial charge in [0.05, 0.1) is 13.7 Å². The molecule has 0 heterocycles. The molecule has 0 fully saturated rings. The van der Waals surface area contributed by atoms with E-state index in [2.05, 4.69) is 5.32 Å². The first-order valence-corrected chi connectivity index (χ1v) is 9.63. The van der Waals surface area contributed by atoms with Gasteiger partial charge in [-0.15, -0.1) is 0 Å². The highest BCUT2D eigenvalue weighted by Crippen LogP contribution is 2.35. The number of esters is 1. The van der Waals surface area contributed by atoms with Crippen LogP contribution in [0.25, 0.3) is 0 Å².